The molecule has 0 radical (unpaired) electrons. The van der Waals surface area contributed by atoms with Crippen LogP contribution in [0.1, 0.15) is 19.4 Å². The first-order chi connectivity index (χ1) is 12.6. The smallest absolute Gasteiger partial charge is 0.360 e. The molecule has 3 rings (SSSR count). The summed E-state index contributed by atoms with van der Waals surface area (Å²) in [4.78, 5) is 14.4. The predicted molar refractivity (Wildman–Crippen MR) is 106 cm³/mol. The number of carbonyl (C=O) groups is 1. The average Bonchev–Trinajstić information content (AvgIpc) is 2.79. The maximum atomic E-state index is 12.8. The summed E-state index contributed by atoms with van der Waals surface area (Å²) in [5.41, 5.74) is 2.34. The topological polar surface area (TPSA) is 29.5 Å². The van der Waals surface area contributed by atoms with Crippen molar-refractivity contribution in [1.82, 2.24) is 4.90 Å². The molecule has 0 fully saturated rings. The van der Waals surface area contributed by atoms with Crippen molar-refractivity contribution >= 4 is 34.1 Å². The first-order valence-corrected chi connectivity index (χ1v) is 9.46. The number of hydrogen-bond donors (Lipinski definition) is 0. The molecule has 1 heterocycles. The van der Waals surface area contributed by atoms with Crippen molar-refractivity contribution in [2.24, 2.45) is 0 Å². The molecule has 0 aromatic heterocycles. The summed E-state index contributed by atoms with van der Waals surface area (Å²) in [5.74, 6) is -0.110. The number of ether oxygens (including phenoxy) is 1. The molecule has 0 N–H and O–H groups in total. The second kappa shape index (κ2) is 7.09. The predicted octanol–water partition coefficient (Wildman–Crippen LogP) is 4.90. The monoisotopic (exact) mass is 489 g/mol. The molecule has 7 heteroatoms. The minimum absolute atomic E-state index is 0.110. The largest absolute Gasteiger partial charge is 0.411 e. The molecule has 2 aliphatic rings. The number of amides is 1. The van der Waals surface area contributed by atoms with Crippen molar-refractivity contribution in [3.63, 3.8) is 0 Å². The van der Waals surface area contributed by atoms with Gasteiger partial charge in [0.1, 0.15) is 12.1 Å². The van der Waals surface area contributed by atoms with E-state index in [1.807, 2.05) is 43.3 Å². The fraction of sp³-hybridized carbons (Fsp3) is 0.350. The second-order valence-electron chi connectivity index (χ2n) is 6.77. The Kier molecular flexibility index (Phi) is 5.28. The van der Waals surface area contributed by atoms with Gasteiger partial charge >= 0.3 is 6.18 Å². The Hall–Kier alpha value is -1.61. The van der Waals surface area contributed by atoms with Crippen molar-refractivity contribution in [2.75, 3.05) is 13.7 Å². The van der Waals surface area contributed by atoms with Crippen molar-refractivity contribution in [2.45, 2.75) is 31.7 Å². The van der Waals surface area contributed by atoms with E-state index in [1.54, 1.807) is 24.9 Å². The number of likely N-dealkylation sites (N-methyl/N-ethyl adjacent to an activating group) is 1. The second-order valence-corrected chi connectivity index (χ2v) is 7.85. The molecular formula is C20H19F3INO2. The number of hydrogen-bond acceptors (Lipinski definition) is 2. The van der Waals surface area contributed by atoms with E-state index < -0.39 is 24.4 Å². The lowest BCUT2D eigenvalue weighted by Crippen LogP contribution is -2.47. The number of alkyl halides is 3. The molecule has 0 saturated heterocycles. The molecule has 1 spiro atoms. The molecule has 0 saturated carbocycles. The van der Waals surface area contributed by atoms with Crippen LogP contribution in [0.5, 0.6) is 0 Å². The van der Waals surface area contributed by atoms with Crippen LogP contribution in [0.3, 0.4) is 0 Å². The zero-order valence-corrected chi connectivity index (χ0v) is 17.3. The molecule has 1 amide bonds. The third-order valence-corrected chi connectivity index (χ3v) is 6.00. The lowest BCUT2D eigenvalue weighted by atomic mass is 9.75. The minimum Gasteiger partial charge on any atom is -0.360 e. The molecule has 2 atom stereocenters. The number of carbonyl (C=O) groups excluding carboxylic acids is 1. The van der Waals surface area contributed by atoms with Gasteiger partial charge in [0.05, 0.1) is 9.68 Å². The van der Waals surface area contributed by atoms with E-state index in [4.69, 9.17) is 4.74 Å². The third-order valence-electron chi connectivity index (χ3n) is 5.00. The van der Waals surface area contributed by atoms with Gasteiger partial charge in [-0.25, -0.2) is 0 Å². The summed E-state index contributed by atoms with van der Waals surface area (Å²) in [6, 6.07) is 9.57. The zero-order valence-electron chi connectivity index (χ0n) is 15.1. The van der Waals surface area contributed by atoms with Gasteiger partial charge in [-0.15, -0.1) is 0 Å². The Morgan fingerprint density at radius 2 is 1.85 bits per heavy atom. The normalized spacial score (nSPS) is 26.0. The van der Waals surface area contributed by atoms with Gasteiger partial charge in [0.25, 0.3) is 5.91 Å². The summed E-state index contributed by atoms with van der Waals surface area (Å²) in [5, 5.41) is 0. The summed E-state index contributed by atoms with van der Waals surface area (Å²) >= 11 is 2.05. The first-order valence-electron chi connectivity index (χ1n) is 8.38. The van der Waals surface area contributed by atoms with Gasteiger partial charge in [0, 0.05) is 12.6 Å². The Morgan fingerprint density at radius 1 is 1.22 bits per heavy atom. The van der Waals surface area contributed by atoms with E-state index in [0.29, 0.717) is 9.15 Å². The van der Waals surface area contributed by atoms with E-state index >= 15 is 0 Å². The quantitative estimate of drug-likeness (QED) is 0.447. The maximum Gasteiger partial charge on any atom is 0.411 e. The lowest BCUT2D eigenvalue weighted by Gasteiger charge is -2.41. The van der Waals surface area contributed by atoms with E-state index in [-0.39, 0.29) is 5.91 Å². The Morgan fingerprint density at radius 3 is 2.44 bits per heavy atom. The van der Waals surface area contributed by atoms with Crippen molar-refractivity contribution in [3.05, 3.63) is 62.8 Å². The Labute approximate surface area is 169 Å². The van der Waals surface area contributed by atoms with Crippen molar-refractivity contribution < 1.29 is 22.7 Å². The molecule has 144 valence electrons. The number of nitrogens with zero attached hydrogens (tertiary/aromatic N) is 1. The Bertz CT molecular complexity index is 858. The zero-order chi connectivity index (χ0) is 20.0. The average molecular weight is 489 g/mol. The van der Waals surface area contributed by atoms with Crippen LogP contribution in [-0.2, 0) is 9.53 Å². The molecule has 1 aromatic rings. The van der Waals surface area contributed by atoms with Crippen LogP contribution in [0.25, 0.3) is 5.57 Å². The highest BCUT2D eigenvalue weighted by Crippen LogP contribution is 2.50. The van der Waals surface area contributed by atoms with Gasteiger partial charge in [0.2, 0.25) is 0 Å². The number of rotatable bonds is 3. The highest BCUT2D eigenvalue weighted by Gasteiger charge is 2.51. The van der Waals surface area contributed by atoms with E-state index in [2.05, 4.69) is 22.6 Å². The van der Waals surface area contributed by atoms with E-state index in [9.17, 15) is 18.0 Å². The van der Waals surface area contributed by atoms with Crippen LogP contribution in [0.2, 0.25) is 0 Å². The van der Waals surface area contributed by atoms with Crippen LogP contribution in [0.15, 0.2) is 57.2 Å². The highest BCUT2D eigenvalue weighted by molar-refractivity contribution is 14.1. The Balaban J connectivity index is 2.07. The number of benzene rings is 1. The molecule has 27 heavy (non-hydrogen) atoms. The van der Waals surface area contributed by atoms with Crippen LogP contribution in [0, 0.1) is 0 Å². The van der Waals surface area contributed by atoms with Gasteiger partial charge in [0.15, 0.2) is 0 Å². The maximum absolute atomic E-state index is 12.8. The molecule has 1 aromatic carbocycles. The third kappa shape index (κ3) is 3.47. The molecule has 1 aliphatic heterocycles. The van der Waals surface area contributed by atoms with Gasteiger partial charge in [-0.1, -0.05) is 30.3 Å². The van der Waals surface area contributed by atoms with Gasteiger partial charge in [-0.2, -0.15) is 13.2 Å². The molecule has 3 nitrogen and oxygen atoms in total. The van der Waals surface area contributed by atoms with Crippen molar-refractivity contribution in [3.8, 4) is 0 Å². The summed E-state index contributed by atoms with van der Waals surface area (Å²) in [6.45, 7) is 2.25. The van der Waals surface area contributed by atoms with Crippen molar-refractivity contribution in [1.29, 1.82) is 0 Å². The van der Waals surface area contributed by atoms with E-state index in [1.165, 1.54) is 0 Å². The molecular weight excluding hydrogens is 470 g/mol. The number of halogens is 4. The fourth-order valence-corrected chi connectivity index (χ4v) is 4.79. The summed E-state index contributed by atoms with van der Waals surface area (Å²) in [6.07, 6.45) is -1.61. The van der Waals surface area contributed by atoms with Crippen LogP contribution >= 0.6 is 22.6 Å². The van der Waals surface area contributed by atoms with Crippen LogP contribution in [0.4, 0.5) is 13.2 Å². The molecule has 0 unspecified atom stereocenters. The lowest BCUT2D eigenvalue weighted by molar-refractivity contribution is -0.178. The SMILES string of the molecule is CC1=C[C@]2(C(C)=C[C@@H]1OCC(F)(F)F)C(c1ccccc1)=C(I)C(=O)N2C. The first kappa shape index (κ1) is 20.1. The minimum atomic E-state index is -4.39. The molecule has 0 bridgehead atoms. The standard InChI is InChI=1S/C20H19F3INO2/c1-12-10-19(13(2)9-15(12)27-11-20(21,22)23)16(14-7-5-4-6-8-14)17(24)18(26)25(19)3/h4-10,15H,11H2,1-3H3/t15-,19-/m0/s1. The molecule has 1 aliphatic carbocycles. The fourth-order valence-electron chi connectivity index (χ4n) is 3.71. The summed E-state index contributed by atoms with van der Waals surface area (Å²) < 4.78 is 43.3. The van der Waals surface area contributed by atoms with Gasteiger partial charge < -0.3 is 9.64 Å². The van der Waals surface area contributed by atoms with Gasteiger partial charge in [-0.05, 0) is 65.3 Å². The highest BCUT2D eigenvalue weighted by atomic mass is 127. The van der Waals surface area contributed by atoms with Crippen LogP contribution < -0.4 is 0 Å². The van der Waals surface area contributed by atoms with Crippen LogP contribution in [-0.4, -0.2) is 42.3 Å². The van der Waals surface area contributed by atoms with E-state index in [0.717, 1.165) is 16.7 Å². The van der Waals surface area contributed by atoms with Gasteiger partial charge in [-0.3, -0.25) is 4.79 Å². The summed E-state index contributed by atoms with van der Waals surface area (Å²) in [7, 11) is 1.72.